The second-order valence-corrected chi connectivity index (χ2v) is 5.44. The topological polar surface area (TPSA) is 32.3 Å². The van der Waals surface area contributed by atoms with Gasteiger partial charge in [-0.05, 0) is 42.5 Å². The standard InChI is InChI=1S/C16H16ClNO/c17-14-10-13(8-9-15(14)19)18-16(12-6-7-12)11-4-2-1-3-5-11/h1-5,8-10,12,16,18-19H,6-7H2. The fourth-order valence-electron chi connectivity index (χ4n) is 2.34. The molecule has 0 amide bonds. The second-order valence-electron chi connectivity index (χ2n) is 5.04. The number of anilines is 1. The third kappa shape index (κ3) is 2.85. The molecule has 0 saturated heterocycles. The van der Waals surface area contributed by atoms with Crippen LogP contribution in [0.15, 0.2) is 48.5 Å². The zero-order chi connectivity index (χ0) is 13.2. The van der Waals surface area contributed by atoms with Crippen molar-refractivity contribution >= 4 is 17.3 Å². The van der Waals surface area contributed by atoms with Crippen molar-refractivity contribution < 1.29 is 5.11 Å². The lowest BCUT2D eigenvalue weighted by atomic mass is 10.0. The molecular formula is C16H16ClNO. The van der Waals surface area contributed by atoms with Crippen molar-refractivity contribution in [2.24, 2.45) is 5.92 Å². The van der Waals surface area contributed by atoms with Gasteiger partial charge in [0.05, 0.1) is 11.1 Å². The minimum atomic E-state index is 0.120. The second kappa shape index (κ2) is 5.14. The lowest BCUT2D eigenvalue weighted by Crippen LogP contribution is -2.12. The highest BCUT2D eigenvalue weighted by Crippen LogP contribution is 2.43. The smallest absolute Gasteiger partial charge is 0.134 e. The lowest BCUT2D eigenvalue weighted by molar-refractivity contribution is 0.475. The maximum Gasteiger partial charge on any atom is 0.134 e. The van der Waals surface area contributed by atoms with Crippen molar-refractivity contribution in [3.05, 3.63) is 59.1 Å². The third-order valence-electron chi connectivity index (χ3n) is 3.52. The molecule has 0 heterocycles. The number of halogens is 1. The van der Waals surface area contributed by atoms with Gasteiger partial charge >= 0.3 is 0 Å². The number of phenols is 1. The Labute approximate surface area is 118 Å². The number of benzene rings is 2. The number of rotatable bonds is 4. The fraction of sp³-hybridized carbons (Fsp3) is 0.250. The average Bonchev–Trinajstić information content (AvgIpc) is 3.25. The monoisotopic (exact) mass is 273 g/mol. The first-order valence-corrected chi connectivity index (χ1v) is 6.92. The van der Waals surface area contributed by atoms with Crippen LogP contribution in [-0.2, 0) is 0 Å². The lowest BCUT2D eigenvalue weighted by Gasteiger charge is -2.20. The van der Waals surface area contributed by atoms with Crippen LogP contribution in [0.3, 0.4) is 0 Å². The van der Waals surface area contributed by atoms with E-state index in [9.17, 15) is 5.11 Å². The van der Waals surface area contributed by atoms with E-state index >= 15 is 0 Å². The van der Waals surface area contributed by atoms with Crippen molar-refractivity contribution in [2.75, 3.05) is 5.32 Å². The quantitative estimate of drug-likeness (QED) is 0.798. The molecule has 2 aromatic carbocycles. The van der Waals surface area contributed by atoms with Gasteiger partial charge in [0.2, 0.25) is 0 Å². The van der Waals surface area contributed by atoms with E-state index in [0.29, 0.717) is 17.0 Å². The highest BCUT2D eigenvalue weighted by Gasteiger charge is 2.32. The molecular weight excluding hydrogens is 258 g/mol. The minimum Gasteiger partial charge on any atom is -0.506 e. The highest BCUT2D eigenvalue weighted by atomic mass is 35.5. The van der Waals surface area contributed by atoms with E-state index in [1.165, 1.54) is 18.4 Å². The zero-order valence-electron chi connectivity index (χ0n) is 10.5. The summed E-state index contributed by atoms with van der Waals surface area (Å²) in [5, 5.41) is 13.4. The van der Waals surface area contributed by atoms with Crippen molar-refractivity contribution in [3.63, 3.8) is 0 Å². The summed E-state index contributed by atoms with van der Waals surface area (Å²) in [5.41, 5.74) is 2.25. The number of phenolic OH excluding ortho intramolecular Hbond substituents is 1. The molecule has 1 aliphatic carbocycles. The van der Waals surface area contributed by atoms with E-state index in [4.69, 9.17) is 11.6 Å². The largest absolute Gasteiger partial charge is 0.506 e. The molecule has 0 radical (unpaired) electrons. The SMILES string of the molecule is Oc1ccc(NC(c2ccccc2)C2CC2)cc1Cl. The van der Waals surface area contributed by atoms with Gasteiger partial charge in [0, 0.05) is 5.69 Å². The fourth-order valence-corrected chi connectivity index (χ4v) is 2.52. The van der Waals surface area contributed by atoms with Gasteiger partial charge in [-0.15, -0.1) is 0 Å². The van der Waals surface area contributed by atoms with Crippen LogP contribution in [0.1, 0.15) is 24.4 Å². The number of hydrogen-bond donors (Lipinski definition) is 2. The first-order chi connectivity index (χ1) is 9.24. The number of aromatic hydroxyl groups is 1. The Kier molecular flexibility index (Phi) is 3.34. The molecule has 1 aliphatic rings. The molecule has 0 spiro atoms. The van der Waals surface area contributed by atoms with Gasteiger partial charge < -0.3 is 10.4 Å². The molecule has 1 saturated carbocycles. The van der Waals surface area contributed by atoms with E-state index in [1.807, 2.05) is 12.1 Å². The van der Waals surface area contributed by atoms with Crippen molar-refractivity contribution in [3.8, 4) is 5.75 Å². The van der Waals surface area contributed by atoms with Crippen LogP contribution in [0.5, 0.6) is 5.75 Å². The molecule has 2 aromatic rings. The van der Waals surface area contributed by atoms with Crippen molar-refractivity contribution in [1.82, 2.24) is 0 Å². The Morgan fingerprint density at radius 2 is 1.84 bits per heavy atom. The molecule has 98 valence electrons. The van der Waals surface area contributed by atoms with E-state index in [0.717, 1.165) is 5.69 Å². The molecule has 0 aliphatic heterocycles. The normalized spacial score (nSPS) is 16.1. The van der Waals surface area contributed by atoms with Gasteiger partial charge in [-0.3, -0.25) is 0 Å². The van der Waals surface area contributed by atoms with Crippen LogP contribution in [0, 0.1) is 5.92 Å². The van der Waals surface area contributed by atoms with Gasteiger partial charge in [-0.25, -0.2) is 0 Å². The molecule has 0 bridgehead atoms. The van der Waals surface area contributed by atoms with Gasteiger partial charge in [-0.1, -0.05) is 41.9 Å². The van der Waals surface area contributed by atoms with E-state index < -0.39 is 0 Å². The maximum atomic E-state index is 9.46. The predicted molar refractivity (Wildman–Crippen MR) is 78.6 cm³/mol. The Balaban J connectivity index is 1.84. The molecule has 0 aromatic heterocycles. The predicted octanol–water partition coefficient (Wildman–Crippen LogP) is 4.61. The highest BCUT2D eigenvalue weighted by molar-refractivity contribution is 6.32. The van der Waals surface area contributed by atoms with Crippen LogP contribution >= 0.6 is 11.6 Å². The van der Waals surface area contributed by atoms with Gasteiger partial charge in [0.1, 0.15) is 5.75 Å². The Morgan fingerprint density at radius 1 is 1.11 bits per heavy atom. The zero-order valence-corrected chi connectivity index (χ0v) is 11.3. The molecule has 1 fully saturated rings. The number of hydrogen-bond acceptors (Lipinski definition) is 2. The summed E-state index contributed by atoms with van der Waals surface area (Å²) >= 11 is 5.95. The van der Waals surface area contributed by atoms with Crippen molar-refractivity contribution in [1.29, 1.82) is 0 Å². The van der Waals surface area contributed by atoms with Crippen molar-refractivity contribution in [2.45, 2.75) is 18.9 Å². The number of nitrogens with one attached hydrogen (secondary N) is 1. The van der Waals surface area contributed by atoms with Gasteiger partial charge in [0.25, 0.3) is 0 Å². The average molecular weight is 274 g/mol. The molecule has 3 heteroatoms. The molecule has 1 unspecified atom stereocenters. The summed E-state index contributed by atoms with van der Waals surface area (Å²) in [7, 11) is 0. The summed E-state index contributed by atoms with van der Waals surface area (Å²) in [5.74, 6) is 0.810. The summed E-state index contributed by atoms with van der Waals surface area (Å²) in [6.07, 6.45) is 2.52. The first-order valence-electron chi connectivity index (χ1n) is 6.54. The maximum absolute atomic E-state index is 9.46. The molecule has 2 nitrogen and oxygen atoms in total. The third-order valence-corrected chi connectivity index (χ3v) is 3.82. The molecule has 3 rings (SSSR count). The van der Waals surface area contributed by atoms with E-state index in [2.05, 4.69) is 29.6 Å². The van der Waals surface area contributed by atoms with Crippen LogP contribution in [0.25, 0.3) is 0 Å². The van der Waals surface area contributed by atoms with Crippen LogP contribution < -0.4 is 5.32 Å². The summed E-state index contributed by atoms with van der Waals surface area (Å²) < 4.78 is 0. The molecule has 19 heavy (non-hydrogen) atoms. The summed E-state index contributed by atoms with van der Waals surface area (Å²) in [6, 6.07) is 16.0. The summed E-state index contributed by atoms with van der Waals surface area (Å²) in [4.78, 5) is 0. The molecule has 1 atom stereocenters. The van der Waals surface area contributed by atoms with Crippen LogP contribution in [0.4, 0.5) is 5.69 Å². The van der Waals surface area contributed by atoms with Crippen LogP contribution in [-0.4, -0.2) is 5.11 Å². The Morgan fingerprint density at radius 3 is 2.47 bits per heavy atom. The minimum absolute atomic E-state index is 0.120. The van der Waals surface area contributed by atoms with E-state index in [-0.39, 0.29) is 5.75 Å². The molecule has 2 N–H and O–H groups in total. The van der Waals surface area contributed by atoms with E-state index in [1.54, 1.807) is 12.1 Å². The van der Waals surface area contributed by atoms with Crippen LogP contribution in [0.2, 0.25) is 5.02 Å². The van der Waals surface area contributed by atoms with Gasteiger partial charge in [0.15, 0.2) is 0 Å². The van der Waals surface area contributed by atoms with Gasteiger partial charge in [-0.2, -0.15) is 0 Å². The Hall–Kier alpha value is -1.67. The summed E-state index contributed by atoms with van der Waals surface area (Å²) in [6.45, 7) is 0. The Bertz CT molecular complexity index is 566. The first kappa shape index (κ1) is 12.4.